The summed E-state index contributed by atoms with van der Waals surface area (Å²) in [6.07, 6.45) is 1.30. The quantitative estimate of drug-likeness (QED) is 0.767. The van der Waals surface area contributed by atoms with E-state index in [0.717, 1.165) is 0 Å². The molecule has 0 bridgehead atoms. The van der Waals surface area contributed by atoms with Gasteiger partial charge in [0, 0.05) is 15.6 Å². The van der Waals surface area contributed by atoms with Crippen molar-refractivity contribution in [1.82, 2.24) is 10.2 Å². The number of halogens is 2. The Balaban J connectivity index is 2.11. The maximum Gasteiger partial charge on any atom is 0.210 e. The summed E-state index contributed by atoms with van der Waals surface area (Å²) in [4.78, 5) is 0.269. The van der Waals surface area contributed by atoms with Crippen LogP contribution in [0.4, 0.5) is 0 Å². The Hall–Kier alpha value is -1.82. The molecular formula is C15H10Cl2N2O2S. The third kappa shape index (κ3) is 2.75. The van der Waals surface area contributed by atoms with Crippen molar-refractivity contribution in [2.45, 2.75) is 9.79 Å². The average Bonchev–Trinajstić information content (AvgIpc) is 2.99. The molecule has 7 heteroatoms. The number of hydrogen-bond donors (Lipinski definition) is 1. The van der Waals surface area contributed by atoms with Gasteiger partial charge in [-0.3, -0.25) is 5.10 Å². The van der Waals surface area contributed by atoms with Crippen LogP contribution in [0.2, 0.25) is 10.0 Å². The van der Waals surface area contributed by atoms with E-state index < -0.39 is 9.84 Å². The minimum Gasteiger partial charge on any atom is -0.276 e. The zero-order valence-corrected chi connectivity index (χ0v) is 13.5. The third-order valence-corrected chi connectivity index (χ3v) is 5.44. The SMILES string of the molecule is O=S(=O)(c1ccc(Cl)cc1)c1cn[nH]c1-c1ccc(Cl)cc1. The molecule has 2 aromatic carbocycles. The summed E-state index contributed by atoms with van der Waals surface area (Å²) in [6, 6.07) is 12.9. The fourth-order valence-electron chi connectivity index (χ4n) is 2.04. The van der Waals surface area contributed by atoms with Gasteiger partial charge in [-0.2, -0.15) is 5.10 Å². The highest BCUT2D eigenvalue weighted by atomic mass is 35.5. The van der Waals surface area contributed by atoms with Gasteiger partial charge >= 0.3 is 0 Å². The number of sulfone groups is 1. The van der Waals surface area contributed by atoms with E-state index in [1.54, 1.807) is 24.3 Å². The van der Waals surface area contributed by atoms with Crippen molar-refractivity contribution < 1.29 is 8.42 Å². The highest BCUT2D eigenvalue weighted by Gasteiger charge is 2.23. The van der Waals surface area contributed by atoms with Crippen molar-refractivity contribution in [2.24, 2.45) is 0 Å². The summed E-state index contributed by atoms with van der Waals surface area (Å²) in [6.45, 7) is 0. The number of rotatable bonds is 3. The van der Waals surface area contributed by atoms with Crippen LogP contribution in [0.1, 0.15) is 0 Å². The molecule has 22 heavy (non-hydrogen) atoms. The molecule has 0 saturated carbocycles. The molecule has 0 aliphatic rings. The van der Waals surface area contributed by atoms with Crippen LogP contribution in [0.3, 0.4) is 0 Å². The van der Waals surface area contributed by atoms with Gasteiger partial charge in [0.1, 0.15) is 4.90 Å². The summed E-state index contributed by atoms with van der Waals surface area (Å²) in [5.41, 5.74) is 1.11. The van der Waals surface area contributed by atoms with Crippen LogP contribution >= 0.6 is 23.2 Å². The Bertz CT molecular complexity index is 901. The van der Waals surface area contributed by atoms with E-state index in [2.05, 4.69) is 10.2 Å². The van der Waals surface area contributed by atoms with Gasteiger partial charge in [0.15, 0.2) is 0 Å². The Labute approximate surface area is 137 Å². The average molecular weight is 353 g/mol. The first-order valence-corrected chi connectivity index (χ1v) is 8.52. The van der Waals surface area contributed by atoms with E-state index in [1.807, 2.05) is 0 Å². The first-order valence-electron chi connectivity index (χ1n) is 6.28. The van der Waals surface area contributed by atoms with E-state index >= 15 is 0 Å². The van der Waals surface area contributed by atoms with Gasteiger partial charge < -0.3 is 0 Å². The summed E-state index contributed by atoms with van der Waals surface area (Å²) in [5.74, 6) is 0. The molecule has 0 spiro atoms. The van der Waals surface area contributed by atoms with Gasteiger partial charge in [-0.1, -0.05) is 35.3 Å². The maximum atomic E-state index is 12.7. The van der Waals surface area contributed by atoms with Gasteiger partial charge in [-0.05, 0) is 36.4 Å². The van der Waals surface area contributed by atoms with E-state index in [-0.39, 0.29) is 9.79 Å². The molecule has 0 aliphatic heterocycles. The fraction of sp³-hybridized carbons (Fsp3) is 0. The molecule has 3 rings (SSSR count). The second kappa shape index (κ2) is 5.76. The van der Waals surface area contributed by atoms with E-state index in [9.17, 15) is 8.42 Å². The van der Waals surface area contributed by atoms with Gasteiger partial charge in [0.05, 0.1) is 16.8 Å². The lowest BCUT2D eigenvalue weighted by Crippen LogP contribution is -2.02. The minimum absolute atomic E-state index is 0.108. The van der Waals surface area contributed by atoms with Gasteiger partial charge in [-0.15, -0.1) is 0 Å². The molecule has 3 aromatic rings. The fourth-order valence-corrected chi connectivity index (χ4v) is 3.67. The van der Waals surface area contributed by atoms with Crippen LogP contribution in [0.15, 0.2) is 64.5 Å². The Kier molecular flexibility index (Phi) is 3.95. The number of hydrogen-bond acceptors (Lipinski definition) is 3. The van der Waals surface area contributed by atoms with Crippen molar-refractivity contribution in [3.63, 3.8) is 0 Å². The highest BCUT2D eigenvalue weighted by Crippen LogP contribution is 2.30. The van der Waals surface area contributed by atoms with Crippen molar-refractivity contribution in [2.75, 3.05) is 0 Å². The zero-order valence-electron chi connectivity index (χ0n) is 11.1. The van der Waals surface area contributed by atoms with Crippen LogP contribution in [-0.2, 0) is 9.84 Å². The lowest BCUT2D eigenvalue weighted by Gasteiger charge is -2.06. The van der Waals surface area contributed by atoms with Crippen LogP contribution in [0.25, 0.3) is 11.3 Å². The molecule has 1 heterocycles. The molecule has 0 atom stereocenters. The molecule has 112 valence electrons. The lowest BCUT2D eigenvalue weighted by molar-refractivity contribution is 0.596. The van der Waals surface area contributed by atoms with Crippen LogP contribution < -0.4 is 0 Å². The summed E-state index contributed by atoms with van der Waals surface area (Å²) in [5, 5.41) is 7.65. The molecule has 1 N–H and O–H groups in total. The zero-order chi connectivity index (χ0) is 15.7. The molecule has 0 unspecified atom stereocenters. The number of nitrogens with zero attached hydrogens (tertiary/aromatic N) is 1. The number of nitrogens with one attached hydrogen (secondary N) is 1. The van der Waals surface area contributed by atoms with E-state index in [4.69, 9.17) is 23.2 Å². The van der Waals surface area contributed by atoms with Crippen LogP contribution in [0, 0.1) is 0 Å². The second-order valence-electron chi connectivity index (χ2n) is 4.57. The first kappa shape index (κ1) is 15.1. The lowest BCUT2D eigenvalue weighted by atomic mass is 10.2. The van der Waals surface area contributed by atoms with Gasteiger partial charge in [0.2, 0.25) is 9.84 Å². The number of aromatic amines is 1. The van der Waals surface area contributed by atoms with Gasteiger partial charge in [0.25, 0.3) is 0 Å². The Morgan fingerprint density at radius 3 is 2.00 bits per heavy atom. The van der Waals surface area contributed by atoms with E-state index in [1.165, 1.54) is 30.5 Å². The smallest absolute Gasteiger partial charge is 0.210 e. The molecule has 0 fully saturated rings. The van der Waals surface area contributed by atoms with Crippen molar-refractivity contribution in [3.8, 4) is 11.3 Å². The molecule has 0 radical (unpaired) electrons. The molecule has 0 amide bonds. The Morgan fingerprint density at radius 1 is 0.864 bits per heavy atom. The molecule has 0 aliphatic carbocycles. The summed E-state index contributed by atoms with van der Waals surface area (Å²) >= 11 is 11.7. The Morgan fingerprint density at radius 2 is 1.41 bits per heavy atom. The van der Waals surface area contributed by atoms with Crippen LogP contribution in [-0.4, -0.2) is 18.6 Å². The van der Waals surface area contributed by atoms with Crippen molar-refractivity contribution >= 4 is 33.0 Å². The minimum atomic E-state index is -3.69. The predicted octanol–water partition coefficient (Wildman–Crippen LogP) is 4.22. The standard InChI is InChI=1S/C15H10Cl2N2O2S/c16-11-3-1-10(2-4-11)15-14(9-18-19-15)22(20,21)13-7-5-12(17)6-8-13/h1-9H,(H,18,19). The molecule has 4 nitrogen and oxygen atoms in total. The third-order valence-electron chi connectivity index (χ3n) is 3.15. The molecular weight excluding hydrogens is 343 g/mol. The molecule has 0 saturated heterocycles. The maximum absolute atomic E-state index is 12.7. The monoisotopic (exact) mass is 352 g/mol. The van der Waals surface area contributed by atoms with Gasteiger partial charge in [-0.25, -0.2) is 8.42 Å². The van der Waals surface area contributed by atoms with E-state index in [0.29, 0.717) is 21.3 Å². The number of H-pyrrole nitrogens is 1. The largest absolute Gasteiger partial charge is 0.276 e. The van der Waals surface area contributed by atoms with Crippen LogP contribution in [0.5, 0.6) is 0 Å². The highest BCUT2D eigenvalue weighted by molar-refractivity contribution is 7.91. The first-order chi connectivity index (χ1) is 10.5. The summed E-state index contributed by atoms with van der Waals surface area (Å²) in [7, 11) is -3.69. The second-order valence-corrected chi connectivity index (χ2v) is 7.36. The predicted molar refractivity (Wildman–Crippen MR) is 85.9 cm³/mol. The summed E-state index contributed by atoms with van der Waals surface area (Å²) < 4.78 is 25.5. The normalized spacial score (nSPS) is 11.5. The molecule has 1 aromatic heterocycles. The number of aromatic nitrogens is 2. The van der Waals surface area contributed by atoms with Crippen molar-refractivity contribution in [3.05, 3.63) is 64.8 Å². The topological polar surface area (TPSA) is 62.8 Å². The van der Waals surface area contributed by atoms with Crippen molar-refractivity contribution in [1.29, 1.82) is 0 Å². The number of benzene rings is 2.